The zero-order valence-electron chi connectivity index (χ0n) is 36.4. The van der Waals surface area contributed by atoms with Gasteiger partial charge in [0.25, 0.3) is 0 Å². The van der Waals surface area contributed by atoms with Crippen LogP contribution < -0.4 is 4.90 Å². The van der Waals surface area contributed by atoms with Crippen LogP contribution in [0.4, 0.5) is 17.1 Å². The van der Waals surface area contributed by atoms with Crippen LogP contribution in [0.25, 0.3) is 99.1 Å². The number of aromatic nitrogens is 2. The Morgan fingerprint density at radius 1 is 0.394 bits per heavy atom. The zero-order valence-corrected chi connectivity index (χ0v) is 36.4. The van der Waals surface area contributed by atoms with E-state index in [4.69, 9.17) is 0 Å². The van der Waals surface area contributed by atoms with Crippen LogP contribution in [0.2, 0.25) is 0 Å². The Bertz CT molecular complexity index is 3990. The second-order valence-electron chi connectivity index (χ2n) is 18.7. The maximum Gasteiger partial charge on any atom is 0.0782 e. The Balaban J connectivity index is 1.06. The molecule has 0 N–H and O–H groups in total. The molecule has 310 valence electrons. The highest BCUT2D eigenvalue weighted by Crippen LogP contribution is 2.64. The van der Waals surface area contributed by atoms with Gasteiger partial charge < -0.3 is 14.0 Å². The number of anilines is 3. The summed E-state index contributed by atoms with van der Waals surface area (Å²) in [6, 6.07) is 79.8. The van der Waals surface area contributed by atoms with Gasteiger partial charge in [0.05, 0.1) is 33.4 Å². The third kappa shape index (κ3) is 4.76. The maximum atomic E-state index is 2.61. The lowest BCUT2D eigenvalue weighted by Gasteiger charge is -2.32. The van der Waals surface area contributed by atoms with E-state index in [9.17, 15) is 0 Å². The predicted molar refractivity (Wildman–Crippen MR) is 276 cm³/mol. The molecule has 66 heavy (non-hydrogen) atoms. The van der Waals surface area contributed by atoms with Crippen LogP contribution >= 0.6 is 0 Å². The van der Waals surface area contributed by atoms with Crippen molar-refractivity contribution in [3.05, 3.63) is 223 Å². The van der Waals surface area contributed by atoms with Crippen molar-refractivity contribution in [3.63, 3.8) is 0 Å². The Kier molecular flexibility index (Phi) is 7.38. The predicted octanol–water partition coefficient (Wildman–Crippen LogP) is 17.0. The van der Waals surface area contributed by atoms with Crippen LogP contribution in [-0.2, 0) is 5.41 Å². The number of rotatable bonds is 5. The minimum absolute atomic E-state index is 0.0635. The lowest BCUT2D eigenvalue weighted by atomic mass is 9.76. The van der Waals surface area contributed by atoms with Crippen molar-refractivity contribution in [1.82, 2.24) is 9.13 Å². The second kappa shape index (κ2) is 13.4. The molecule has 1 spiro atoms. The molecule has 0 unspecified atom stereocenters. The van der Waals surface area contributed by atoms with E-state index in [1.54, 1.807) is 0 Å². The third-order valence-corrected chi connectivity index (χ3v) is 15.5. The topological polar surface area (TPSA) is 13.1 Å². The van der Waals surface area contributed by atoms with Crippen molar-refractivity contribution in [2.45, 2.75) is 31.1 Å². The number of nitrogens with zero attached hydrogens (tertiary/aromatic N) is 3. The third-order valence-electron chi connectivity index (χ3n) is 15.5. The van der Waals surface area contributed by atoms with Gasteiger partial charge in [0.15, 0.2) is 0 Å². The van der Waals surface area contributed by atoms with Crippen molar-refractivity contribution in [2.75, 3.05) is 4.90 Å². The smallest absolute Gasteiger partial charge is 0.0782 e. The van der Waals surface area contributed by atoms with Crippen LogP contribution in [0.3, 0.4) is 0 Å². The van der Waals surface area contributed by atoms with Gasteiger partial charge in [0.2, 0.25) is 0 Å². The van der Waals surface area contributed by atoms with Gasteiger partial charge in [-0.05, 0) is 118 Å². The molecule has 3 heterocycles. The number of hydrogen-bond acceptors (Lipinski definition) is 1. The summed E-state index contributed by atoms with van der Waals surface area (Å²) >= 11 is 0. The summed E-state index contributed by atoms with van der Waals surface area (Å²) in [5.74, 6) is 0. The fourth-order valence-electron chi connectivity index (χ4n) is 12.9. The fourth-order valence-corrected chi connectivity index (χ4v) is 12.9. The molecule has 3 heteroatoms. The molecular formula is C63H43N3. The normalized spacial score (nSPS) is 14.2. The second-order valence-corrected chi connectivity index (χ2v) is 18.7. The summed E-state index contributed by atoms with van der Waals surface area (Å²) in [4.78, 5) is 2.58. The van der Waals surface area contributed by atoms with Crippen molar-refractivity contribution >= 4 is 71.4 Å². The number of hydrogen-bond donors (Lipinski definition) is 0. The minimum atomic E-state index is -0.0635. The Morgan fingerprint density at radius 2 is 1.03 bits per heavy atom. The molecule has 3 aliphatic rings. The van der Waals surface area contributed by atoms with Gasteiger partial charge in [0.1, 0.15) is 0 Å². The van der Waals surface area contributed by atoms with E-state index >= 15 is 0 Å². The summed E-state index contributed by atoms with van der Waals surface area (Å²) in [6.45, 7) is 0. The van der Waals surface area contributed by atoms with Crippen molar-refractivity contribution < 1.29 is 0 Å². The minimum Gasteiger partial charge on any atom is -0.308 e. The molecule has 0 atom stereocenters. The first kappa shape index (κ1) is 36.2. The number of fused-ring (bicyclic) bond motifs is 12. The molecule has 3 nitrogen and oxygen atoms in total. The SMILES string of the molecule is c1ccc(-n2c3ccccc3c3cccc(N(c4ccc(-c5cccc6ccccc56)cc4)c4cc5c6c(c4)C4(CCCC4)c4ccc7c8ccccc8n(c7c4-6)-c4ccccc4-5)c32)cc1. The van der Waals surface area contributed by atoms with E-state index in [2.05, 4.69) is 226 Å². The average Bonchev–Trinajstić information content (AvgIpc) is 4.14. The molecule has 2 aliphatic carbocycles. The van der Waals surface area contributed by atoms with E-state index in [-0.39, 0.29) is 5.41 Å². The Hall–Kier alpha value is -8.14. The Labute approximate surface area is 383 Å². The van der Waals surface area contributed by atoms with Gasteiger partial charge in [0, 0.05) is 55.1 Å². The van der Waals surface area contributed by atoms with E-state index in [0.717, 1.165) is 29.9 Å². The van der Waals surface area contributed by atoms with Gasteiger partial charge in [-0.25, -0.2) is 0 Å². The van der Waals surface area contributed by atoms with Gasteiger partial charge in [-0.2, -0.15) is 0 Å². The highest BCUT2D eigenvalue weighted by Gasteiger charge is 2.48. The molecule has 0 radical (unpaired) electrons. The molecule has 1 aliphatic heterocycles. The van der Waals surface area contributed by atoms with Gasteiger partial charge >= 0.3 is 0 Å². The lowest BCUT2D eigenvalue weighted by Crippen LogP contribution is -2.21. The van der Waals surface area contributed by atoms with Gasteiger partial charge in [-0.3, -0.25) is 0 Å². The Morgan fingerprint density at radius 3 is 1.85 bits per heavy atom. The molecule has 15 rings (SSSR count). The van der Waals surface area contributed by atoms with Crippen molar-refractivity contribution in [3.8, 4) is 44.8 Å². The van der Waals surface area contributed by atoms with Crippen molar-refractivity contribution in [1.29, 1.82) is 0 Å². The average molecular weight is 842 g/mol. The van der Waals surface area contributed by atoms with Crippen LogP contribution in [0.5, 0.6) is 0 Å². The summed E-state index contributed by atoms with van der Waals surface area (Å²) in [5.41, 5.74) is 21.7. The summed E-state index contributed by atoms with van der Waals surface area (Å²) in [6.07, 6.45) is 4.76. The van der Waals surface area contributed by atoms with Gasteiger partial charge in [-0.1, -0.05) is 165 Å². The molecule has 10 aromatic carbocycles. The fraction of sp³-hybridized carbons (Fsp3) is 0.0794. The van der Waals surface area contributed by atoms with E-state index in [1.165, 1.54) is 123 Å². The largest absolute Gasteiger partial charge is 0.308 e. The van der Waals surface area contributed by atoms with Crippen LogP contribution in [-0.4, -0.2) is 9.13 Å². The molecule has 1 fully saturated rings. The lowest BCUT2D eigenvalue weighted by molar-refractivity contribution is 0.550. The standard InChI is InChI=1S/C63H43N3/c1-2-18-42(19-3-1)65-55-26-9-6-21-47(55)50-25-15-29-58(61(50)65)64(43-32-30-41(31-33-43)46-24-14-17-40-16-4-5-20-45(40)46)44-38-52-49-23-8-11-28-57(49)66-56-27-10-7-22-48(56)51-34-35-53-60(62(51)66)59(52)54(39-44)63(53)36-12-13-37-63/h1-11,14-35,38-39H,12-13,36-37H2. The highest BCUT2D eigenvalue weighted by molar-refractivity contribution is 6.20. The summed E-state index contributed by atoms with van der Waals surface area (Å²) < 4.78 is 5.08. The van der Waals surface area contributed by atoms with Crippen LogP contribution in [0.15, 0.2) is 212 Å². The quantitative estimate of drug-likeness (QED) is 0.168. The van der Waals surface area contributed by atoms with E-state index < -0.39 is 0 Å². The van der Waals surface area contributed by atoms with Crippen molar-refractivity contribution in [2.24, 2.45) is 0 Å². The first-order valence-corrected chi connectivity index (χ1v) is 23.6. The van der Waals surface area contributed by atoms with E-state index in [1.807, 2.05) is 0 Å². The monoisotopic (exact) mass is 841 g/mol. The highest BCUT2D eigenvalue weighted by atomic mass is 15.2. The van der Waals surface area contributed by atoms with Gasteiger partial charge in [-0.15, -0.1) is 0 Å². The van der Waals surface area contributed by atoms with Crippen LogP contribution in [0, 0.1) is 0 Å². The van der Waals surface area contributed by atoms with E-state index in [0.29, 0.717) is 0 Å². The molecule has 2 aromatic heterocycles. The molecule has 0 saturated heterocycles. The number of para-hydroxylation sites is 5. The maximum absolute atomic E-state index is 2.61. The number of benzene rings is 10. The molecule has 0 amide bonds. The molecule has 12 aromatic rings. The first-order chi connectivity index (χ1) is 32.7. The zero-order chi connectivity index (χ0) is 43.1. The molecule has 1 saturated carbocycles. The summed E-state index contributed by atoms with van der Waals surface area (Å²) in [7, 11) is 0. The van der Waals surface area contributed by atoms with Crippen LogP contribution in [0.1, 0.15) is 36.8 Å². The summed E-state index contributed by atoms with van der Waals surface area (Å²) in [5, 5.41) is 7.66. The first-order valence-electron chi connectivity index (χ1n) is 23.6. The molecular weight excluding hydrogens is 799 g/mol. The molecule has 0 bridgehead atoms.